The summed E-state index contributed by atoms with van der Waals surface area (Å²) in [7, 11) is 0. The van der Waals surface area contributed by atoms with Crippen molar-refractivity contribution < 1.29 is 4.92 Å². The molecule has 3 rings (SSSR count). The summed E-state index contributed by atoms with van der Waals surface area (Å²) in [6.45, 7) is 3.53. The van der Waals surface area contributed by atoms with E-state index in [9.17, 15) is 10.1 Å². The first-order valence-electron chi connectivity index (χ1n) is 5.61. The van der Waals surface area contributed by atoms with Crippen molar-refractivity contribution in [2.75, 3.05) is 0 Å². The van der Waals surface area contributed by atoms with Crippen LogP contribution in [0.3, 0.4) is 0 Å². The van der Waals surface area contributed by atoms with Crippen molar-refractivity contribution >= 4 is 27.6 Å². The van der Waals surface area contributed by atoms with Crippen LogP contribution in [0.2, 0.25) is 0 Å². The van der Waals surface area contributed by atoms with Crippen LogP contribution in [0.15, 0.2) is 24.3 Å². The zero-order chi connectivity index (χ0) is 12.9. The summed E-state index contributed by atoms with van der Waals surface area (Å²) in [5, 5.41) is 13.0. The number of nitrogens with zero attached hydrogens (tertiary/aromatic N) is 2. The van der Waals surface area contributed by atoms with Crippen molar-refractivity contribution in [1.82, 2.24) is 9.97 Å². The summed E-state index contributed by atoms with van der Waals surface area (Å²) in [4.78, 5) is 17.9. The molecule has 2 aromatic heterocycles. The normalized spacial score (nSPS) is 11.2. The smallest absolute Gasteiger partial charge is 0.358 e. The molecule has 0 radical (unpaired) electrons. The fourth-order valence-electron chi connectivity index (χ4n) is 2.39. The second-order valence-electron chi connectivity index (χ2n) is 4.32. The van der Waals surface area contributed by atoms with Crippen LogP contribution >= 0.6 is 0 Å². The summed E-state index contributed by atoms with van der Waals surface area (Å²) >= 11 is 0. The lowest BCUT2D eigenvalue weighted by Crippen LogP contribution is -1.98. The lowest BCUT2D eigenvalue weighted by Gasteiger charge is -2.00. The van der Waals surface area contributed by atoms with Gasteiger partial charge in [-0.05, 0) is 22.9 Å². The number of aryl methyl sites for hydroxylation is 2. The minimum atomic E-state index is -0.437. The van der Waals surface area contributed by atoms with Crippen LogP contribution in [-0.4, -0.2) is 14.9 Å². The van der Waals surface area contributed by atoms with Crippen molar-refractivity contribution in [2.45, 2.75) is 13.8 Å². The monoisotopic (exact) mass is 241 g/mol. The van der Waals surface area contributed by atoms with Crippen molar-refractivity contribution in [3.05, 3.63) is 45.6 Å². The van der Waals surface area contributed by atoms with Crippen LogP contribution in [-0.2, 0) is 0 Å². The van der Waals surface area contributed by atoms with E-state index < -0.39 is 4.92 Å². The summed E-state index contributed by atoms with van der Waals surface area (Å²) in [5.41, 5.74) is 3.04. The number of H-pyrrole nitrogens is 1. The average molecular weight is 241 g/mol. The number of aromatic amines is 1. The van der Waals surface area contributed by atoms with Gasteiger partial charge < -0.3 is 15.1 Å². The standard InChI is InChI=1S/C13H11N3O2/c1-7-12-11(8(2)14-13(7)16(17)18)9-5-3-4-6-10(9)15-12/h3-6,15H,1-2H3. The van der Waals surface area contributed by atoms with E-state index >= 15 is 0 Å². The third-order valence-corrected chi connectivity index (χ3v) is 3.22. The summed E-state index contributed by atoms with van der Waals surface area (Å²) < 4.78 is 0. The Kier molecular flexibility index (Phi) is 2.10. The highest BCUT2D eigenvalue weighted by Crippen LogP contribution is 2.32. The predicted octanol–water partition coefficient (Wildman–Crippen LogP) is 3.24. The highest BCUT2D eigenvalue weighted by atomic mass is 16.6. The molecule has 5 heteroatoms. The Labute approximate surface area is 103 Å². The first-order chi connectivity index (χ1) is 8.59. The van der Waals surface area contributed by atoms with Gasteiger partial charge >= 0.3 is 5.82 Å². The van der Waals surface area contributed by atoms with E-state index in [0.29, 0.717) is 11.3 Å². The van der Waals surface area contributed by atoms with Crippen LogP contribution < -0.4 is 0 Å². The molecular formula is C13H11N3O2. The summed E-state index contributed by atoms with van der Waals surface area (Å²) in [6.07, 6.45) is 0. The van der Waals surface area contributed by atoms with Crippen molar-refractivity contribution in [3.63, 3.8) is 0 Å². The van der Waals surface area contributed by atoms with Gasteiger partial charge in [0.05, 0.1) is 16.5 Å². The number of hydrogen-bond acceptors (Lipinski definition) is 3. The molecule has 18 heavy (non-hydrogen) atoms. The molecular weight excluding hydrogens is 230 g/mol. The second kappa shape index (κ2) is 3.53. The Bertz CT molecular complexity index is 790. The number of nitro groups is 1. The molecule has 0 fully saturated rings. The van der Waals surface area contributed by atoms with Crippen LogP contribution in [0, 0.1) is 24.0 Å². The zero-order valence-corrected chi connectivity index (χ0v) is 10.0. The lowest BCUT2D eigenvalue weighted by atomic mass is 10.1. The topological polar surface area (TPSA) is 71.8 Å². The van der Waals surface area contributed by atoms with E-state index in [1.54, 1.807) is 13.8 Å². The molecule has 2 heterocycles. The maximum Gasteiger partial charge on any atom is 0.368 e. The van der Waals surface area contributed by atoms with E-state index in [1.807, 2.05) is 24.3 Å². The van der Waals surface area contributed by atoms with Crippen LogP contribution in [0.1, 0.15) is 11.3 Å². The molecule has 0 saturated heterocycles. The van der Waals surface area contributed by atoms with Crippen molar-refractivity contribution in [3.8, 4) is 0 Å². The Morgan fingerprint density at radius 3 is 2.72 bits per heavy atom. The number of benzene rings is 1. The van der Waals surface area contributed by atoms with E-state index in [1.165, 1.54) is 0 Å². The van der Waals surface area contributed by atoms with E-state index in [-0.39, 0.29) is 5.82 Å². The van der Waals surface area contributed by atoms with Gasteiger partial charge in [-0.1, -0.05) is 18.2 Å². The summed E-state index contributed by atoms with van der Waals surface area (Å²) in [6, 6.07) is 7.84. The van der Waals surface area contributed by atoms with Crippen LogP contribution in [0.5, 0.6) is 0 Å². The maximum absolute atomic E-state index is 11.0. The number of para-hydroxylation sites is 1. The zero-order valence-electron chi connectivity index (χ0n) is 10.0. The molecule has 5 nitrogen and oxygen atoms in total. The molecule has 1 aromatic carbocycles. The van der Waals surface area contributed by atoms with Crippen molar-refractivity contribution in [2.24, 2.45) is 0 Å². The Morgan fingerprint density at radius 1 is 1.28 bits per heavy atom. The largest absolute Gasteiger partial charge is 0.368 e. The van der Waals surface area contributed by atoms with E-state index in [4.69, 9.17) is 0 Å². The van der Waals surface area contributed by atoms with Gasteiger partial charge in [-0.15, -0.1) is 0 Å². The molecule has 90 valence electrons. The van der Waals surface area contributed by atoms with Gasteiger partial charge in [0.2, 0.25) is 0 Å². The first kappa shape index (κ1) is 10.7. The molecule has 0 unspecified atom stereocenters. The van der Waals surface area contributed by atoms with Gasteiger partial charge in [0.15, 0.2) is 5.69 Å². The number of fused-ring (bicyclic) bond motifs is 3. The molecule has 0 spiro atoms. The fraction of sp³-hybridized carbons (Fsp3) is 0.154. The number of rotatable bonds is 1. The number of hydrogen-bond donors (Lipinski definition) is 1. The Morgan fingerprint density at radius 2 is 2.00 bits per heavy atom. The molecule has 0 saturated carbocycles. The Hall–Kier alpha value is -2.43. The van der Waals surface area contributed by atoms with Crippen LogP contribution in [0.4, 0.5) is 5.82 Å². The van der Waals surface area contributed by atoms with Gasteiger partial charge in [-0.25, -0.2) is 0 Å². The van der Waals surface area contributed by atoms with Gasteiger partial charge in [0.1, 0.15) is 0 Å². The fourth-order valence-corrected chi connectivity index (χ4v) is 2.39. The minimum Gasteiger partial charge on any atom is -0.358 e. The first-order valence-corrected chi connectivity index (χ1v) is 5.61. The Balaban J connectivity index is 2.56. The highest BCUT2D eigenvalue weighted by molar-refractivity contribution is 6.09. The molecule has 0 amide bonds. The van der Waals surface area contributed by atoms with Crippen molar-refractivity contribution in [1.29, 1.82) is 0 Å². The number of nitrogens with one attached hydrogen (secondary N) is 1. The maximum atomic E-state index is 11.0. The molecule has 0 aliphatic rings. The summed E-state index contributed by atoms with van der Waals surface area (Å²) in [5.74, 6) is -0.0773. The average Bonchev–Trinajstić information content (AvgIpc) is 2.73. The molecule has 1 N–H and O–H groups in total. The SMILES string of the molecule is Cc1c([N+](=O)[O-])nc(C)c2c1[nH]c1ccccc12. The third-order valence-electron chi connectivity index (χ3n) is 3.22. The molecule has 0 bridgehead atoms. The third kappa shape index (κ3) is 1.30. The van der Waals surface area contributed by atoms with Crippen LogP contribution in [0.25, 0.3) is 21.8 Å². The molecule has 3 aromatic rings. The molecule has 0 atom stereocenters. The van der Waals surface area contributed by atoms with E-state index in [2.05, 4.69) is 9.97 Å². The lowest BCUT2D eigenvalue weighted by molar-refractivity contribution is -0.390. The van der Waals surface area contributed by atoms with Gasteiger partial charge in [-0.3, -0.25) is 0 Å². The van der Waals surface area contributed by atoms with Gasteiger partial charge in [0, 0.05) is 17.8 Å². The number of pyridine rings is 1. The number of aromatic nitrogens is 2. The molecule has 0 aliphatic heterocycles. The predicted molar refractivity (Wildman–Crippen MR) is 69.7 cm³/mol. The second-order valence-corrected chi connectivity index (χ2v) is 4.32. The molecule has 0 aliphatic carbocycles. The quantitative estimate of drug-likeness (QED) is 0.525. The van der Waals surface area contributed by atoms with Gasteiger partial charge in [-0.2, -0.15) is 0 Å². The highest BCUT2D eigenvalue weighted by Gasteiger charge is 2.21. The minimum absolute atomic E-state index is 0.0773. The van der Waals surface area contributed by atoms with Gasteiger partial charge in [0.25, 0.3) is 0 Å². The van der Waals surface area contributed by atoms with E-state index in [0.717, 1.165) is 21.8 Å².